The number of ether oxygens (including phenoxy) is 1. The van der Waals surface area contributed by atoms with Crippen molar-refractivity contribution in [3.05, 3.63) is 76.2 Å². The van der Waals surface area contributed by atoms with E-state index < -0.39 is 5.97 Å². The molecule has 168 valence electrons. The van der Waals surface area contributed by atoms with Crippen LogP contribution in [0.25, 0.3) is 28.0 Å². The Morgan fingerprint density at radius 1 is 1.06 bits per heavy atom. The van der Waals surface area contributed by atoms with Gasteiger partial charge < -0.3 is 14.8 Å². The number of carboxylic acids is 1. The summed E-state index contributed by atoms with van der Waals surface area (Å²) in [6, 6.07) is 17.3. The number of nitrogens with zero attached hydrogens (tertiary/aromatic N) is 2. The lowest BCUT2D eigenvalue weighted by atomic mass is 9.82. The smallest absolute Gasteiger partial charge is 0.356 e. The van der Waals surface area contributed by atoms with Gasteiger partial charge in [-0.2, -0.15) is 9.61 Å². The number of methoxy groups -OCH3 is 1. The van der Waals surface area contributed by atoms with Crippen LogP contribution < -0.4 is 10.3 Å². The number of fused-ring (bicyclic) bond motifs is 1. The molecule has 7 heteroatoms. The van der Waals surface area contributed by atoms with Crippen molar-refractivity contribution < 1.29 is 14.6 Å². The molecule has 0 amide bonds. The van der Waals surface area contributed by atoms with Crippen molar-refractivity contribution in [2.24, 2.45) is 0 Å². The molecule has 0 bridgehead atoms. The van der Waals surface area contributed by atoms with Crippen LogP contribution in [0.3, 0.4) is 0 Å². The lowest BCUT2D eigenvalue weighted by Crippen LogP contribution is -2.25. The first-order valence-electron chi connectivity index (χ1n) is 11.2. The summed E-state index contributed by atoms with van der Waals surface area (Å²) in [5, 5.41) is 13.4. The summed E-state index contributed by atoms with van der Waals surface area (Å²) >= 11 is 0. The van der Waals surface area contributed by atoms with E-state index >= 15 is 0 Å². The number of benzene rings is 2. The summed E-state index contributed by atoms with van der Waals surface area (Å²) in [5.41, 5.74) is 4.29. The number of aromatic carboxylic acids is 1. The summed E-state index contributed by atoms with van der Waals surface area (Å²) in [5.74, 6) is -0.245. The number of carbonyl (C=O) groups is 1. The number of para-hydroxylation sites is 1. The minimum Gasteiger partial charge on any atom is -0.496 e. The minimum absolute atomic E-state index is 0.119. The molecule has 2 aromatic heterocycles. The number of hydrogen-bond donors (Lipinski definition) is 2. The molecule has 0 saturated heterocycles. The SMILES string of the molecule is COc1ccccc1-c1ccc(-c2[nH]c3cc(C(=O)O)nn3c(=O)c2C2CCCCC2)cc1. The van der Waals surface area contributed by atoms with Gasteiger partial charge in [-0.05, 0) is 36.0 Å². The number of carboxylic acid groups (broad SMARTS) is 1. The Balaban J connectivity index is 1.66. The molecular weight excluding hydrogens is 418 g/mol. The van der Waals surface area contributed by atoms with E-state index in [0.717, 1.165) is 53.8 Å². The summed E-state index contributed by atoms with van der Waals surface area (Å²) in [4.78, 5) is 28.3. The zero-order chi connectivity index (χ0) is 22.9. The van der Waals surface area contributed by atoms with Gasteiger partial charge in [0, 0.05) is 17.2 Å². The molecule has 1 aliphatic carbocycles. The first-order valence-corrected chi connectivity index (χ1v) is 11.2. The van der Waals surface area contributed by atoms with Gasteiger partial charge in [0.1, 0.15) is 11.4 Å². The monoisotopic (exact) mass is 443 g/mol. The fraction of sp³-hybridized carbons (Fsp3) is 0.269. The molecule has 0 aliphatic heterocycles. The minimum atomic E-state index is -1.16. The Hall–Kier alpha value is -3.87. The Labute approximate surface area is 190 Å². The maximum Gasteiger partial charge on any atom is 0.356 e. The van der Waals surface area contributed by atoms with Crippen molar-refractivity contribution in [1.29, 1.82) is 0 Å². The Kier molecular flexibility index (Phi) is 5.46. The van der Waals surface area contributed by atoms with E-state index in [0.29, 0.717) is 11.2 Å². The highest BCUT2D eigenvalue weighted by atomic mass is 16.5. The van der Waals surface area contributed by atoms with Gasteiger partial charge in [-0.1, -0.05) is 61.7 Å². The molecule has 0 spiro atoms. The second-order valence-electron chi connectivity index (χ2n) is 8.46. The van der Waals surface area contributed by atoms with Crippen LogP contribution in [0.15, 0.2) is 59.4 Å². The standard InChI is InChI=1S/C26H25N3O4/c1-33-21-10-6-5-9-19(21)16-11-13-18(14-12-16)24-23(17-7-3-2-4-8-17)25(30)29-22(27-24)15-20(28-29)26(31)32/h5-6,9-15,17,27H,2-4,7-8H2,1H3,(H,31,32). The summed E-state index contributed by atoms with van der Waals surface area (Å²) in [6.07, 6.45) is 5.20. The number of nitrogens with one attached hydrogen (secondary N) is 1. The molecule has 0 radical (unpaired) electrons. The van der Waals surface area contributed by atoms with Gasteiger partial charge in [0.25, 0.3) is 5.56 Å². The van der Waals surface area contributed by atoms with Gasteiger partial charge in [-0.3, -0.25) is 4.79 Å². The maximum atomic E-state index is 13.5. The third-order valence-corrected chi connectivity index (χ3v) is 6.48. The van der Waals surface area contributed by atoms with Gasteiger partial charge in [-0.25, -0.2) is 4.79 Å². The van der Waals surface area contributed by atoms with Crippen LogP contribution >= 0.6 is 0 Å². The Morgan fingerprint density at radius 3 is 2.45 bits per heavy atom. The molecule has 1 saturated carbocycles. The van der Waals surface area contributed by atoms with Crippen LogP contribution in [-0.2, 0) is 0 Å². The van der Waals surface area contributed by atoms with Crippen LogP contribution in [0.1, 0.15) is 54.1 Å². The molecule has 33 heavy (non-hydrogen) atoms. The predicted molar refractivity (Wildman–Crippen MR) is 126 cm³/mol. The van der Waals surface area contributed by atoms with Crippen molar-refractivity contribution in [2.45, 2.75) is 38.0 Å². The summed E-state index contributed by atoms with van der Waals surface area (Å²) in [6.45, 7) is 0. The van der Waals surface area contributed by atoms with E-state index in [4.69, 9.17) is 4.74 Å². The molecule has 2 N–H and O–H groups in total. The second kappa shape index (κ2) is 8.58. The van der Waals surface area contributed by atoms with Crippen molar-refractivity contribution in [3.63, 3.8) is 0 Å². The molecule has 2 aromatic carbocycles. The second-order valence-corrected chi connectivity index (χ2v) is 8.46. The zero-order valence-electron chi connectivity index (χ0n) is 18.4. The molecule has 5 rings (SSSR count). The van der Waals surface area contributed by atoms with Crippen LogP contribution in [0.5, 0.6) is 5.75 Å². The van der Waals surface area contributed by atoms with E-state index in [9.17, 15) is 14.7 Å². The maximum absolute atomic E-state index is 13.5. The van der Waals surface area contributed by atoms with Gasteiger partial charge >= 0.3 is 5.97 Å². The van der Waals surface area contributed by atoms with E-state index in [1.54, 1.807) is 7.11 Å². The Morgan fingerprint density at radius 2 is 1.76 bits per heavy atom. The topological polar surface area (TPSA) is 96.7 Å². The molecular formula is C26H25N3O4. The van der Waals surface area contributed by atoms with Crippen LogP contribution in [0, 0.1) is 0 Å². The molecule has 7 nitrogen and oxygen atoms in total. The molecule has 2 heterocycles. The number of rotatable bonds is 5. The van der Waals surface area contributed by atoms with E-state index in [-0.39, 0.29) is 17.2 Å². The van der Waals surface area contributed by atoms with Crippen LogP contribution in [0.2, 0.25) is 0 Å². The average molecular weight is 444 g/mol. The summed E-state index contributed by atoms with van der Waals surface area (Å²) < 4.78 is 6.69. The number of aromatic amines is 1. The van der Waals surface area contributed by atoms with Crippen LogP contribution in [-0.4, -0.2) is 32.8 Å². The largest absolute Gasteiger partial charge is 0.496 e. The van der Waals surface area contributed by atoms with E-state index in [1.807, 2.05) is 48.5 Å². The molecule has 0 atom stereocenters. The molecule has 1 aliphatic rings. The normalized spacial score (nSPS) is 14.5. The van der Waals surface area contributed by atoms with Crippen molar-refractivity contribution in [3.8, 4) is 28.1 Å². The lowest BCUT2D eigenvalue weighted by Gasteiger charge is -2.23. The highest BCUT2D eigenvalue weighted by molar-refractivity contribution is 5.87. The van der Waals surface area contributed by atoms with Gasteiger partial charge in [0.15, 0.2) is 5.69 Å². The first kappa shape index (κ1) is 21.0. The predicted octanol–water partition coefficient (Wildman–Crippen LogP) is 5.11. The zero-order valence-corrected chi connectivity index (χ0v) is 18.4. The quantitative estimate of drug-likeness (QED) is 0.447. The lowest BCUT2D eigenvalue weighted by molar-refractivity contribution is 0.0690. The van der Waals surface area contributed by atoms with Crippen molar-refractivity contribution in [1.82, 2.24) is 14.6 Å². The Bertz CT molecular complexity index is 1380. The highest BCUT2D eigenvalue weighted by Crippen LogP contribution is 2.37. The van der Waals surface area contributed by atoms with Crippen LogP contribution in [0.4, 0.5) is 0 Å². The third kappa shape index (κ3) is 3.80. The van der Waals surface area contributed by atoms with Crippen molar-refractivity contribution >= 4 is 11.6 Å². The number of hydrogen-bond acceptors (Lipinski definition) is 4. The first-order chi connectivity index (χ1) is 16.1. The van der Waals surface area contributed by atoms with Gasteiger partial charge in [-0.15, -0.1) is 0 Å². The number of H-pyrrole nitrogens is 1. The van der Waals surface area contributed by atoms with E-state index in [1.165, 1.54) is 17.0 Å². The van der Waals surface area contributed by atoms with Gasteiger partial charge in [0.2, 0.25) is 0 Å². The average Bonchev–Trinajstić information content (AvgIpc) is 3.30. The molecule has 0 unspecified atom stereocenters. The molecule has 1 fully saturated rings. The third-order valence-electron chi connectivity index (χ3n) is 6.48. The number of aromatic nitrogens is 3. The fourth-order valence-corrected chi connectivity index (χ4v) is 4.84. The summed E-state index contributed by atoms with van der Waals surface area (Å²) in [7, 11) is 1.65. The van der Waals surface area contributed by atoms with Gasteiger partial charge in [0.05, 0.1) is 12.8 Å². The fourth-order valence-electron chi connectivity index (χ4n) is 4.84. The molecule has 4 aromatic rings. The van der Waals surface area contributed by atoms with Crippen molar-refractivity contribution in [2.75, 3.05) is 7.11 Å². The van der Waals surface area contributed by atoms with E-state index in [2.05, 4.69) is 10.1 Å². The highest BCUT2D eigenvalue weighted by Gasteiger charge is 2.25.